The van der Waals surface area contributed by atoms with E-state index >= 15 is 0 Å². The Morgan fingerprint density at radius 2 is 1.43 bits per heavy atom. The fourth-order valence-electron chi connectivity index (χ4n) is 2.54. The molecule has 0 spiro atoms. The first-order valence-electron chi connectivity index (χ1n) is 9.36. The minimum Gasteiger partial charge on any atom is -0.457 e. The van der Waals surface area contributed by atoms with Gasteiger partial charge in [0.05, 0.1) is 0 Å². The van der Waals surface area contributed by atoms with Gasteiger partial charge in [-0.2, -0.15) is 0 Å². The number of carbonyl (C=O) groups is 1. The van der Waals surface area contributed by atoms with Gasteiger partial charge in [0.1, 0.15) is 11.5 Å². The first-order valence-corrected chi connectivity index (χ1v) is 10.9. The number of para-hydroxylation sites is 1. The maximum Gasteiger partial charge on any atom is 0.233 e. The van der Waals surface area contributed by atoms with E-state index in [1.165, 1.54) is 6.08 Å². The zero-order valence-electron chi connectivity index (χ0n) is 16.2. The lowest BCUT2D eigenvalue weighted by atomic mass is 10.2. The van der Waals surface area contributed by atoms with Gasteiger partial charge in [0.15, 0.2) is 0 Å². The van der Waals surface area contributed by atoms with Crippen LogP contribution in [0.1, 0.15) is 12.0 Å². The molecule has 3 rings (SSSR count). The van der Waals surface area contributed by atoms with Gasteiger partial charge in [0.2, 0.25) is 15.9 Å². The molecule has 154 valence electrons. The summed E-state index contributed by atoms with van der Waals surface area (Å²) in [7, 11) is -3.61. The van der Waals surface area contributed by atoms with Gasteiger partial charge in [-0.25, -0.2) is 13.1 Å². The van der Waals surface area contributed by atoms with Crippen molar-refractivity contribution in [3.8, 4) is 11.5 Å². The van der Waals surface area contributed by atoms with Crippen LogP contribution in [0.5, 0.6) is 11.5 Å². The molecule has 0 aliphatic heterocycles. The maximum atomic E-state index is 12.1. The highest BCUT2D eigenvalue weighted by atomic mass is 32.2. The maximum absolute atomic E-state index is 12.1. The van der Waals surface area contributed by atoms with Crippen molar-refractivity contribution in [3.05, 3.63) is 95.9 Å². The van der Waals surface area contributed by atoms with Crippen LogP contribution in [0, 0.1) is 0 Å². The van der Waals surface area contributed by atoms with E-state index in [9.17, 15) is 13.2 Å². The van der Waals surface area contributed by atoms with Crippen molar-refractivity contribution in [3.63, 3.8) is 0 Å². The van der Waals surface area contributed by atoms with Crippen molar-refractivity contribution >= 4 is 27.7 Å². The first kappa shape index (κ1) is 21.3. The summed E-state index contributed by atoms with van der Waals surface area (Å²) in [6, 6.07) is 25.4. The van der Waals surface area contributed by atoms with E-state index in [-0.39, 0.29) is 18.9 Å². The third kappa shape index (κ3) is 7.20. The first-order chi connectivity index (χ1) is 14.5. The topological polar surface area (TPSA) is 84.5 Å². The molecule has 0 bridgehead atoms. The van der Waals surface area contributed by atoms with Gasteiger partial charge in [0.25, 0.3) is 0 Å². The van der Waals surface area contributed by atoms with Crippen LogP contribution in [0.2, 0.25) is 0 Å². The third-order valence-corrected chi connectivity index (χ3v) is 5.11. The fourth-order valence-corrected chi connectivity index (χ4v) is 3.36. The number of anilines is 1. The number of rotatable bonds is 9. The van der Waals surface area contributed by atoms with Gasteiger partial charge in [-0.05, 0) is 48.0 Å². The largest absolute Gasteiger partial charge is 0.457 e. The molecule has 0 saturated heterocycles. The minimum absolute atomic E-state index is 0.00248. The summed E-state index contributed by atoms with van der Waals surface area (Å²) in [4.78, 5) is 12.1. The molecule has 30 heavy (non-hydrogen) atoms. The Labute approximate surface area is 176 Å². The molecule has 0 unspecified atom stereocenters. The van der Waals surface area contributed by atoms with Crippen molar-refractivity contribution in [2.75, 3.05) is 11.9 Å². The highest BCUT2D eigenvalue weighted by Gasteiger charge is 2.08. The summed E-state index contributed by atoms with van der Waals surface area (Å²) in [6.07, 6.45) is 1.52. The van der Waals surface area contributed by atoms with Gasteiger partial charge in [-0.1, -0.05) is 48.5 Å². The number of sulfonamides is 1. The molecule has 6 nitrogen and oxygen atoms in total. The van der Waals surface area contributed by atoms with Gasteiger partial charge >= 0.3 is 0 Å². The SMILES string of the molecule is O=C(CCNS(=O)(=O)C=Cc1ccccc1)Nc1ccc(Oc2ccccc2)cc1. The number of nitrogens with one attached hydrogen (secondary N) is 2. The summed E-state index contributed by atoms with van der Waals surface area (Å²) in [5, 5.41) is 3.82. The molecule has 0 aliphatic carbocycles. The summed E-state index contributed by atoms with van der Waals surface area (Å²) < 4.78 is 32.1. The predicted octanol–water partition coefficient (Wildman–Crippen LogP) is 4.40. The molecule has 1 amide bonds. The standard InChI is InChI=1S/C23H22N2O4S/c26-23(15-17-24-30(27,28)18-16-19-7-3-1-4-8-19)25-20-11-13-22(14-12-20)29-21-9-5-2-6-10-21/h1-14,16,18,24H,15,17H2,(H,25,26). The average Bonchev–Trinajstić information content (AvgIpc) is 2.75. The lowest BCUT2D eigenvalue weighted by Crippen LogP contribution is -2.26. The Balaban J connectivity index is 1.43. The fraction of sp³-hybridized carbons (Fsp3) is 0.0870. The van der Waals surface area contributed by atoms with Crippen LogP contribution in [-0.4, -0.2) is 20.9 Å². The Kier molecular flexibility index (Phi) is 7.37. The van der Waals surface area contributed by atoms with Crippen LogP contribution in [0.25, 0.3) is 6.08 Å². The molecule has 0 aliphatic rings. The van der Waals surface area contributed by atoms with Gasteiger partial charge < -0.3 is 10.1 Å². The molecule has 0 atom stereocenters. The van der Waals surface area contributed by atoms with E-state index in [1.807, 2.05) is 48.5 Å². The molecular weight excluding hydrogens is 400 g/mol. The van der Waals surface area contributed by atoms with Crippen molar-refractivity contribution < 1.29 is 17.9 Å². The highest BCUT2D eigenvalue weighted by molar-refractivity contribution is 7.92. The third-order valence-electron chi connectivity index (χ3n) is 4.01. The second-order valence-electron chi connectivity index (χ2n) is 6.39. The summed E-state index contributed by atoms with van der Waals surface area (Å²) >= 11 is 0. The number of amides is 1. The van der Waals surface area contributed by atoms with E-state index in [2.05, 4.69) is 10.0 Å². The molecule has 0 aromatic heterocycles. The van der Waals surface area contributed by atoms with Gasteiger partial charge in [-0.15, -0.1) is 0 Å². The molecule has 3 aromatic rings. The molecule has 7 heteroatoms. The molecule has 3 aromatic carbocycles. The Bertz CT molecular complexity index is 1080. The van der Waals surface area contributed by atoms with E-state index in [1.54, 1.807) is 36.4 Å². The zero-order chi connectivity index (χ0) is 21.2. The Hall–Kier alpha value is -3.42. The normalized spacial score (nSPS) is 11.3. The van der Waals surface area contributed by atoms with Crippen molar-refractivity contribution in [2.24, 2.45) is 0 Å². The molecular formula is C23H22N2O4S. The summed E-state index contributed by atoms with van der Waals surface area (Å²) in [5.41, 5.74) is 1.38. The number of hydrogen-bond acceptors (Lipinski definition) is 4. The van der Waals surface area contributed by atoms with Crippen LogP contribution in [0.4, 0.5) is 5.69 Å². The van der Waals surface area contributed by atoms with E-state index in [0.717, 1.165) is 16.7 Å². The van der Waals surface area contributed by atoms with Crippen LogP contribution < -0.4 is 14.8 Å². The van der Waals surface area contributed by atoms with Crippen molar-refractivity contribution in [1.82, 2.24) is 4.72 Å². The predicted molar refractivity (Wildman–Crippen MR) is 119 cm³/mol. The second kappa shape index (κ2) is 10.4. The molecule has 2 N–H and O–H groups in total. The second-order valence-corrected chi connectivity index (χ2v) is 8.04. The number of benzene rings is 3. The monoisotopic (exact) mass is 422 g/mol. The van der Waals surface area contributed by atoms with E-state index < -0.39 is 10.0 Å². The smallest absolute Gasteiger partial charge is 0.233 e. The summed E-state index contributed by atoms with van der Waals surface area (Å²) in [6.45, 7) is 0.00248. The lowest BCUT2D eigenvalue weighted by Gasteiger charge is -2.08. The van der Waals surface area contributed by atoms with E-state index in [4.69, 9.17) is 4.74 Å². The Morgan fingerprint density at radius 1 is 0.833 bits per heavy atom. The molecule has 0 fully saturated rings. The molecule has 0 saturated carbocycles. The quantitative estimate of drug-likeness (QED) is 0.535. The Morgan fingerprint density at radius 3 is 2.10 bits per heavy atom. The minimum atomic E-state index is -3.61. The van der Waals surface area contributed by atoms with Crippen LogP contribution >= 0.6 is 0 Å². The van der Waals surface area contributed by atoms with Gasteiger partial charge in [0, 0.05) is 24.1 Å². The highest BCUT2D eigenvalue weighted by Crippen LogP contribution is 2.22. The van der Waals surface area contributed by atoms with Crippen molar-refractivity contribution in [1.29, 1.82) is 0 Å². The van der Waals surface area contributed by atoms with Crippen LogP contribution in [0.3, 0.4) is 0 Å². The molecule has 0 radical (unpaired) electrons. The lowest BCUT2D eigenvalue weighted by molar-refractivity contribution is -0.116. The number of hydrogen-bond donors (Lipinski definition) is 2. The van der Waals surface area contributed by atoms with Crippen LogP contribution in [0.15, 0.2) is 90.3 Å². The number of ether oxygens (including phenoxy) is 1. The summed E-state index contributed by atoms with van der Waals surface area (Å²) in [5.74, 6) is 1.08. The van der Waals surface area contributed by atoms with Crippen molar-refractivity contribution in [2.45, 2.75) is 6.42 Å². The van der Waals surface area contributed by atoms with Crippen LogP contribution in [-0.2, 0) is 14.8 Å². The molecule has 0 heterocycles. The average molecular weight is 423 g/mol. The van der Waals surface area contributed by atoms with E-state index in [0.29, 0.717) is 11.4 Å². The zero-order valence-corrected chi connectivity index (χ0v) is 17.0. The number of carbonyl (C=O) groups excluding carboxylic acids is 1. The van der Waals surface area contributed by atoms with Gasteiger partial charge in [-0.3, -0.25) is 4.79 Å².